The fraction of sp³-hybridized carbons (Fsp3) is 0.174. The minimum absolute atomic E-state index is 0.166. The van der Waals surface area contributed by atoms with E-state index in [4.69, 9.17) is 21.1 Å². The number of nitrogens with zero attached hydrogens (tertiary/aromatic N) is 3. The van der Waals surface area contributed by atoms with Crippen molar-refractivity contribution in [3.05, 3.63) is 70.5 Å². The number of carbonyl (C=O) groups excluding carboxylic acids is 1. The summed E-state index contributed by atoms with van der Waals surface area (Å²) in [4.78, 5) is 17.1. The third-order valence-electron chi connectivity index (χ3n) is 5.22. The molecule has 0 saturated carbocycles. The molecule has 2 heterocycles. The summed E-state index contributed by atoms with van der Waals surface area (Å²) in [6, 6.07) is 7.72. The van der Waals surface area contributed by atoms with E-state index in [1.54, 1.807) is 0 Å². The van der Waals surface area contributed by atoms with Gasteiger partial charge in [0.2, 0.25) is 0 Å². The number of halogens is 7. The summed E-state index contributed by atoms with van der Waals surface area (Å²) >= 11 is 5.59. The third kappa shape index (κ3) is 5.12. The molecule has 0 spiro atoms. The Labute approximate surface area is 209 Å². The molecule has 0 aliphatic rings. The third-order valence-corrected chi connectivity index (χ3v) is 5.55. The Balaban J connectivity index is 1.82. The minimum atomic E-state index is -4.88. The second kappa shape index (κ2) is 9.47. The number of aromatic nitrogens is 3. The van der Waals surface area contributed by atoms with Gasteiger partial charge >= 0.3 is 12.4 Å². The highest BCUT2D eigenvalue weighted by Crippen LogP contribution is 2.37. The number of fused-ring (bicyclic) bond motifs is 1. The van der Waals surface area contributed by atoms with Crippen molar-refractivity contribution in [2.24, 2.45) is 0 Å². The Morgan fingerprint density at radius 1 is 0.946 bits per heavy atom. The van der Waals surface area contributed by atoms with Crippen LogP contribution in [0.5, 0.6) is 11.5 Å². The average Bonchev–Trinajstić information content (AvgIpc) is 3.27. The predicted octanol–water partition coefficient (Wildman–Crippen LogP) is 6.36. The van der Waals surface area contributed by atoms with Crippen LogP contribution in [-0.2, 0) is 12.4 Å². The molecule has 194 valence electrons. The molecule has 0 atom stereocenters. The van der Waals surface area contributed by atoms with Crippen molar-refractivity contribution in [3.8, 4) is 22.8 Å². The quantitative estimate of drug-likeness (QED) is 0.296. The van der Waals surface area contributed by atoms with Crippen LogP contribution in [0.15, 0.2) is 48.7 Å². The van der Waals surface area contributed by atoms with Crippen LogP contribution >= 0.6 is 11.6 Å². The SMILES string of the molecule is COc1ccc(-c2cc(C(F)(F)F)n3ncc(C(=O)Nc4ccc(Cl)c(C(F)(F)F)c4)c3n2)cc1OC. The van der Waals surface area contributed by atoms with E-state index in [1.807, 2.05) is 0 Å². The van der Waals surface area contributed by atoms with Crippen molar-refractivity contribution in [2.75, 3.05) is 19.5 Å². The average molecular weight is 545 g/mol. The van der Waals surface area contributed by atoms with Gasteiger partial charge in [-0.2, -0.15) is 31.4 Å². The van der Waals surface area contributed by atoms with Gasteiger partial charge in [-0.05, 0) is 42.5 Å². The lowest BCUT2D eigenvalue weighted by molar-refractivity contribution is -0.142. The van der Waals surface area contributed by atoms with E-state index in [0.717, 1.165) is 24.4 Å². The molecule has 0 fully saturated rings. The van der Waals surface area contributed by atoms with E-state index in [0.29, 0.717) is 16.3 Å². The zero-order valence-corrected chi connectivity index (χ0v) is 19.6. The number of alkyl halides is 6. The van der Waals surface area contributed by atoms with Gasteiger partial charge in [0, 0.05) is 11.3 Å². The second-order valence-corrected chi connectivity index (χ2v) is 7.94. The molecular formula is C23H15ClF6N4O3. The summed E-state index contributed by atoms with van der Waals surface area (Å²) in [5.74, 6) is -0.477. The maximum Gasteiger partial charge on any atom is 0.433 e. The molecule has 0 bridgehead atoms. The number of ether oxygens (including phenoxy) is 2. The van der Waals surface area contributed by atoms with Crippen molar-refractivity contribution in [1.29, 1.82) is 0 Å². The fourth-order valence-corrected chi connectivity index (χ4v) is 3.71. The standard InChI is InChI=1S/C23H15ClF6N4O3/c1-36-17-6-3-11(7-18(17)37-2)16-9-19(23(28,29)30)34-20(33-16)13(10-31-34)21(35)32-12-4-5-15(24)14(8-12)22(25,26)27/h3-10H,1-2H3,(H,32,35). The van der Waals surface area contributed by atoms with Gasteiger partial charge < -0.3 is 14.8 Å². The summed E-state index contributed by atoms with van der Waals surface area (Å²) in [5.41, 5.74) is -3.54. The summed E-state index contributed by atoms with van der Waals surface area (Å²) in [7, 11) is 2.73. The van der Waals surface area contributed by atoms with Crippen molar-refractivity contribution >= 4 is 28.8 Å². The van der Waals surface area contributed by atoms with Gasteiger partial charge in [-0.25, -0.2) is 9.50 Å². The number of hydrogen-bond donors (Lipinski definition) is 1. The van der Waals surface area contributed by atoms with Gasteiger partial charge in [0.05, 0.1) is 36.7 Å². The highest BCUT2D eigenvalue weighted by atomic mass is 35.5. The lowest BCUT2D eigenvalue weighted by Gasteiger charge is -2.13. The Bertz CT molecular complexity index is 1500. The highest BCUT2D eigenvalue weighted by molar-refractivity contribution is 6.31. The fourth-order valence-electron chi connectivity index (χ4n) is 3.49. The van der Waals surface area contributed by atoms with Crippen LogP contribution in [0.1, 0.15) is 21.6 Å². The van der Waals surface area contributed by atoms with Crippen LogP contribution in [0.2, 0.25) is 5.02 Å². The van der Waals surface area contributed by atoms with E-state index >= 15 is 0 Å². The molecule has 0 aliphatic heterocycles. The Morgan fingerprint density at radius 2 is 1.65 bits per heavy atom. The molecule has 4 aromatic rings. The molecule has 0 aliphatic carbocycles. The lowest BCUT2D eigenvalue weighted by Crippen LogP contribution is -2.16. The number of benzene rings is 2. The largest absolute Gasteiger partial charge is 0.493 e. The molecule has 14 heteroatoms. The Hall–Kier alpha value is -4.00. The number of rotatable bonds is 5. The molecule has 7 nitrogen and oxygen atoms in total. The minimum Gasteiger partial charge on any atom is -0.493 e. The van der Waals surface area contributed by atoms with E-state index in [2.05, 4.69) is 15.4 Å². The van der Waals surface area contributed by atoms with E-state index in [-0.39, 0.29) is 22.7 Å². The van der Waals surface area contributed by atoms with Gasteiger partial charge in [-0.15, -0.1) is 0 Å². The van der Waals surface area contributed by atoms with E-state index in [1.165, 1.54) is 32.4 Å². The molecule has 4 rings (SSSR count). The molecule has 1 amide bonds. The lowest BCUT2D eigenvalue weighted by atomic mass is 10.1. The summed E-state index contributed by atoms with van der Waals surface area (Å²) in [5, 5.41) is 5.27. The summed E-state index contributed by atoms with van der Waals surface area (Å²) < 4.78 is 91.9. The van der Waals surface area contributed by atoms with Crippen LogP contribution in [0.25, 0.3) is 16.9 Å². The van der Waals surface area contributed by atoms with E-state index in [9.17, 15) is 31.1 Å². The van der Waals surface area contributed by atoms with E-state index < -0.39 is 45.8 Å². The second-order valence-electron chi connectivity index (χ2n) is 7.53. The molecular weight excluding hydrogens is 530 g/mol. The van der Waals surface area contributed by atoms with Gasteiger partial charge in [0.1, 0.15) is 5.56 Å². The first-order valence-corrected chi connectivity index (χ1v) is 10.6. The van der Waals surface area contributed by atoms with Crippen LogP contribution in [-0.4, -0.2) is 34.7 Å². The van der Waals surface area contributed by atoms with Gasteiger partial charge in [-0.1, -0.05) is 11.6 Å². The normalized spacial score (nSPS) is 12.0. The zero-order valence-electron chi connectivity index (χ0n) is 18.8. The van der Waals surface area contributed by atoms with Gasteiger partial charge in [0.15, 0.2) is 22.8 Å². The van der Waals surface area contributed by atoms with Crippen molar-refractivity contribution in [1.82, 2.24) is 14.6 Å². The number of methoxy groups -OCH3 is 2. The van der Waals surface area contributed by atoms with Crippen LogP contribution in [0, 0.1) is 0 Å². The number of amides is 1. The molecule has 0 saturated heterocycles. The first kappa shape index (κ1) is 26.1. The maximum atomic E-state index is 13.9. The number of hydrogen-bond acceptors (Lipinski definition) is 5. The van der Waals surface area contributed by atoms with Crippen LogP contribution in [0.4, 0.5) is 32.0 Å². The summed E-state index contributed by atoms with van der Waals surface area (Å²) in [6.07, 6.45) is -8.84. The van der Waals surface area contributed by atoms with Gasteiger partial charge in [0.25, 0.3) is 5.91 Å². The summed E-state index contributed by atoms with van der Waals surface area (Å²) in [6.45, 7) is 0. The topological polar surface area (TPSA) is 77.8 Å². The zero-order chi connectivity index (χ0) is 27.1. The molecule has 37 heavy (non-hydrogen) atoms. The molecule has 2 aromatic heterocycles. The first-order valence-electron chi connectivity index (χ1n) is 10.2. The molecule has 0 unspecified atom stereocenters. The monoisotopic (exact) mass is 544 g/mol. The van der Waals surface area contributed by atoms with Crippen molar-refractivity contribution in [2.45, 2.75) is 12.4 Å². The molecule has 0 radical (unpaired) electrons. The van der Waals surface area contributed by atoms with Crippen LogP contribution < -0.4 is 14.8 Å². The Kier molecular flexibility index (Phi) is 6.67. The van der Waals surface area contributed by atoms with Crippen LogP contribution in [0.3, 0.4) is 0 Å². The first-order chi connectivity index (χ1) is 17.3. The number of carbonyl (C=O) groups is 1. The maximum absolute atomic E-state index is 13.9. The highest BCUT2D eigenvalue weighted by Gasteiger charge is 2.36. The van der Waals surface area contributed by atoms with Gasteiger partial charge in [-0.3, -0.25) is 4.79 Å². The predicted molar refractivity (Wildman–Crippen MR) is 121 cm³/mol. The molecule has 2 aromatic carbocycles. The van der Waals surface area contributed by atoms with Crippen molar-refractivity contribution in [3.63, 3.8) is 0 Å². The molecule has 1 N–H and O–H groups in total. The smallest absolute Gasteiger partial charge is 0.433 e. The van der Waals surface area contributed by atoms with Crippen molar-refractivity contribution < 1.29 is 40.6 Å². The Morgan fingerprint density at radius 3 is 2.27 bits per heavy atom. The number of anilines is 1. The number of nitrogens with one attached hydrogen (secondary N) is 1.